The van der Waals surface area contributed by atoms with Crippen molar-refractivity contribution in [2.45, 2.75) is 11.8 Å². The van der Waals surface area contributed by atoms with Crippen LogP contribution in [0.2, 0.25) is 0 Å². The van der Waals surface area contributed by atoms with E-state index in [9.17, 15) is 8.76 Å². The van der Waals surface area contributed by atoms with Crippen molar-refractivity contribution >= 4 is 11.1 Å². The minimum absolute atomic E-state index is 0.315. The zero-order valence-electron chi connectivity index (χ0n) is 9.14. The van der Waals surface area contributed by atoms with E-state index in [0.29, 0.717) is 4.90 Å². The molecule has 16 heavy (non-hydrogen) atoms. The van der Waals surface area contributed by atoms with Crippen LogP contribution in [0.5, 0.6) is 0 Å². The molecule has 1 unspecified atom stereocenters. The topological polar surface area (TPSA) is 45.1 Å². The van der Waals surface area contributed by atoms with E-state index in [1.54, 1.807) is 12.1 Å². The van der Waals surface area contributed by atoms with Crippen molar-refractivity contribution in [2.75, 3.05) is 0 Å². The molecule has 0 radical (unpaired) electrons. The highest BCUT2D eigenvalue weighted by molar-refractivity contribution is 7.79. The molecule has 1 aromatic heterocycles. The Labute approximate surface area is 97.0 Å². The zero-order chi connectivity index (χ0) is 11.7. The standard InChI is InChI=1S/C12H13NO2S/c1-9-3-8-12(13(9)2)10-4-6-11(7-5-10)16(14)15/h3-8H,1-2H3,(H,14,15)/p-1. The molecule has 1 atom stereocenters. The maximum absolute atomic E-state index is 10.7. The fraction of sp³-hybridized carbons (Fsp3) is 0.167. The van der Waals surface area contributed by atoms with E-state index in [4.69, 9.17) is 0 Å². The molecule has 1 aromatic carbocycles. The molecule has 0 aliphatic carbocycles. The molecule has 2 rings (SSSR count). The highest BCUT2D eigenvalue weighted by Crippen LogP contribution is 2.22. The molecular weight excluding hydrogens is 222 g/mol. The second kappa shape index (κ2) is 4.23. The number of nitrogens with zero attached hydrogens (tertiary/aromatic N) is 1. The second-order valence-electron chi connectivity index (χ2n) is 3.68. The van der Waals surface area contributed by atoms with Gasteiger partial charge in [0.25, 0.3) is 0 Å². The van der Waals surface area contributed by atoms with E-state index in [-0.39, 0.29) is 0 Å². The van der Waals surface area contributed by atoms with Crippen molar-refractivity contribution in [2.24, 2.45) is 7.05 Å². The molecule has 2 aromatic rings. The number of hydrogen-bond acceptors (Lipinski definition) is 2. The summed E-state index contributed by atoms with van der Waals surface area (Å²) in [6, 6.07) is 10.9. The monoisotopic (exact) mass is 234 g/mol. The minimum Gasteiger partial charge on any atom is -0.768 e. The number of hydrogen-bond donors (Lipinski definition) is 0. The fourth-order valence-electron chi connectivity index (χ4n) is 1.64. The molecule has 0 amide bonds. The highest BCUT2D eigenvalue weighted by Gasteiger charge is 2.03. The summed E-state index contributed by atoms with van der Waals surface area (Å²) in [7, 11) is 1.99. The number of benzene rings is 1. The number of rotatable bonds is 2. The van der Waals surface area contributed by atoms with Gasteiger partial charge in [-0.3, -0.25) is 4.21 Å². The van der Waals surface area contributed by atoms with Crippen molar-refractivity contribution in [1.82, 2.24) is 4.57 Å². The average molecular weight is 234 g/mol. The van der Waals surface area contributed by atoms with Crippen LogP contribution in [0.3, 0.4) is 0 Å². The first-order valence-corrected chi connectivity index (χ1v) is 5.99. The Morgan fingerprint density at radius 1 is 1.12 bits per heavy atom. The van der Waals surface area contributed by atoms with Crippen molar-refractivity contribution in [3.8, 4) is 11.3 Å². The van der Waals surface area contributed by atoms with Gasteiger partial charge in [0.1, 0.15) is 0 Å². The van der Waals surface area contributed by atoms with Gasteiger partial charge in [-0.25, -0.2) is 0 Å². The Hall–Kier alpha value is -1.39. The lowest BCUT2D eigenvalue weighted by Gasteiger charge is -2.08. The number of aryl methyl sites for hydroxylation is 1. The Kier molecular flexibility index (Phi) is 2.94. The molecule has 0 aliphatic heterocycles. The van der Waals surface area contributed by atoms with Crippen LogP contribution in [-0.2, 0) is 18.1 Å². The van der Waals surface area contributed by atoms with Gasteiger partial charge in [-0.05, 0) is 47.8 Å². The largest absolute Gasteiger partial charge is 0.768 e. The van der Waals surface area contributed by atoms with Gasteiger partial charge in [0.15, 0.2) is 0 Å². The summed E-state index contributed by atoms with van der Waals surface area (Å²) in [6.45, 7) is 2.03. The molecule has 4 heteroatoms. The lowest BCUT2D eigenvalue weighted by atomic mass is 10.1. The van der Waals surface area contributed by atoms with Gasteiger partial charge in [-0.15, -0.1) is 0 Å². The van der Waals surface area contributed by atoms with Gasteiger partial charge >= 0.3 is 0 Å². The lowest BCUT2D eigenvalue weighted by molar-refractivity contribution is 0.537. The lowest BCUT2D eigenvalue weighted by Crippen LogP contribution is -1.94. The highest BCUT2D eigenvalue weighted by atomic mass is 32.2. The third-order valence-corrected chi connectivity index (χ3v) is 3.37. The minimum atomic E-state index is -2.15. The molecule has 0 spiro atoms. The van der Waals surface area contributed by atoms with Crippen LogP contribution in [0.1, 0.15) is 5.69 Å². The van der Waals surface area contributed by atoms with Crippen LogP contribution in [0, 0.1) is 6.92 Å². The fourth-order valence-corrected chi connectivity index (χ4v) is 2.00. The van der Waals surface area contributed by atoms with Gasteiger partial charge in [0, 0.05) is 23.3 Å². The molecule has 3 nitrogen and oxygen atoms in total. The first-order chi connectivity index (χ1) is 7.59. The van der Waals surface area contributed by atoms with E-state index < -0.39 is 11.1 Å². The molecule has 0 fully saturated rings. The van der Waals surface area contributed by atoms with E-state index >= 15 is 0 Å². The molecule has 84 valence electrons. The summed E-state index contributed by atoms with van der Waals surface area (Å²) in [5.41, 5.74) is 3.28. The van der Waals surface area contributed by atoms with E-state index in [2.05, 4.69) is 4.57 Å². The molecule has 0 bridgehead atoms. The summed E-state index contributed by atoms with van der Waals surface area (Å²) in [5, 5.41) is 0. The van der Waals surface area contributed by atoms with Crippen molar-refractivity contribution in [1.29, 1.82) is 0 Å². The Morgan fingerprint density at radius 3 is 2.19 bits per heavy atom. The quantitative estimate of drug-likeness (QED) is 0.748. The first kappa shape index (κ1) is 11.1. The third-order valence-electron chi connectivity index (χ3n) is 2.72. The molecule has 0 N–H and O–H groups in total. The Bertz CT molecular complexity index is 528. The second-order valence-corrected chi connectivity index (χ2v) is 4.62. The van der Waals surface area contributed by atoms with E-state index in [0.717, 1.165) is 11.3 Å². The molecule has 1 heterocycles. The van der Waals surface area contributed by atoms with Crippen LogP contribution in [0.4, 0.5) is 0 Å². The Morgan fingerprint density at radius 2 is 1.75 bits per heavy atom. The van der Waals surface area contributed by atoms with Crippen molar-refractivity contribution in [3.05, 3.63) is 42.1 Å². The van der Waals surface area contributed by atoms with Crippen LogP contribution in [0.15, 0.2) is 41.3 Å². The van der Waals surface area contributed by atoms with Crippen molar-refractivity contribution in [3.63, 3.8) is 0 Å². The predicted octanol–water partition coefficient (Wildman–Crippen LogP) is 2.24. The summed E-state index contributed by atoms with van der Waals surface area (Å²) in [6.07, 6.45) is 0. The average Bonchev–Trinajstić information content (AvgIpc) is 2.60. The molecular formula is C12H12NO2S-. The van der Waals surface area contributed by atoms with Crippen LogP contribution >= 0.6 is 0 Å². The van der Waals surface area contributed by atoms with E-state index in [1.165, 1.54) is 5.69 Å². The normalized spacial score (nSPS) is 12.7. The third kappa shape index (κ3) is 1.94. The summed E-state index contributed by atoms with van der Waals surface area (Å²) in [4.78, 5) is 0.315. The first-order valence-electron chi connectivity index (χ1n) is 4.91. The summed E-state index contributed by atoms with van der Waals surface area (Å²) < 4.78 is 23.5. The SMILES string of the molecule is Cc1ccc(-c2ccc(S(=O)[O-])cc2)n1C. The maximum atomic E-state index is 10.7. The smallest absolute Gasteiger partial charge is 0.0479 e. The molecule has 0 saturated carbocycles. The predicted molar refractivity (Wildman–Crippen MR) is 62.8 cm³/mol. The van der Waals surface area contributed by atoms with Gasteiger partial charge in [-0.2, -0.15) is 0 Å². The molecule has 0 saturated heterocycles. The zero-order valence-corrected chi connectivity index (χ0v) is 9.95. The van der Waals surface area contributed by atoms with Gasteiger partial charge in [0.2, 0.25) is 0 Å². The summed E-state index contributed by atoms with van der Waals surface area (Å²) >= 11 is -2.15. The van der Waals surface area contributed by atoms with Gasteiger partial charge in [-0.1, -0.05) is 12.1 Å². The van der Waals surface area contributed by atoms with Crippen molar-refractivity contribution < 1.29 is 8.76 Å². The Balaban J connectivity index is 2.42. The molecule has 0 aliphatic rings. The summed E-state index contributed by atoms with van der Waals surface area (Å²) in [5.74, 6) is 0. The maximum Gasteiger partial charge on any atom is 0.0479 e. The van der Waals surface area contributed by atoms with Gasteiger partial charge < -0.3 is 9.12 Å². The van der Waals surface area contributed by atoms with Crippen LogP contribution < -0.4 is 0 Å². The van der Waals surface area contributed by atoms with Crippen LogP contribution in [-0.4, -0.2) is 13.3 Å². The van der Waals surface area contributed by atoms with Crippen LogP contribution in [0.25, 0.3) is 11.3 Å². The van der Waals surface area contributed by atoms with E-state index in [1.807, 2.05) is 38.2 Å². The van der Waals surface area contributed by atoms with Gasteiger partial charge in [0.05, 0.1) is 0 Å². The number of aromatic nitrogens is 1.